The number of likely N-dealkylation sites (N-methyl/N-ethyl adjacent to an activating group) is 1. The summed E-state index contributed by atoms with van der Waals surface area (Å²) in [6.45, 7) is 0. The molecule has 0 aromatic heterocycles. The van der Waals surface area contributed by atoms with Gasteiger partial charge in [0.25, 0.3) is 0 Å². The van der Waals surface area contributed by atoms with E-state index in [4.69, 9.17) is 10.9 Å². The van der Waals surface area contributed by atoms with Gasteiger partial charge in [0.05, 0.1) is 6.10 Å². The van der Waals surface area contributed by atoms with Crippen LogP contribution in [0.4, 0.5) is 5.69 Å². The van der Waals surface area contributed by atoms with Crippen LogP contribution in [0.3, 0.4) is 0 Å². The van der Waals surface area contributed by atoms with Gasteiger partial charge in [-0.1, -0.05) is 12.1 Å². The Hall–Kier alpha value is -1.92. The van der Waals surface area contributed by atoms with Crippen molar-refractivity contribution in [2.75, 3.05) is 12.8 Å². The number of hydrogen-bond donors (Lipinski definition) is 3. The summed E-state index contributed by atoms with van der Waals surface area (Å²) in [6, 6.07) is 6.40. The van der Waals surface area contributed by atoms with Crippen LogP contribution in [0, 0.1) is 0 Å². The number of hydrogen-bond acceptors (Lipinski definition) is 5. The average molecular weight is 238 g/mol. The summed E-state index contributed by atoms with van der Waals surface area (Å²) >= 11 is 0. The van der Waals surface area contributed by atoms with Crippen LogP contribution >= 0.6 is 0 Å². The smallest absolute Gasteiger partial charge is 0.313 e. The maximum atomic E-state index is 11.3. The Bertz CT molecular complexity index is 431. The number of hydroxylamine groups is 2. The van der Waals surface area contributed by atoms with E-state index in [2.05, 4.69) is 0 Å². The highest BCUT2D eigenvalue weighted by Crippen LogP contribution is 2.19. The Labute approximate surface area is 98.2 Å². The minimum Gasteiger partial charge on any atom is -0.399 e. The van der Waals surface area contributed by atoms with Crippen molar-refractivity contribution >= 4 is 17.4 Å². The highest BCUT2D eigenvalue weighted by molar-refractivity contribution is 6.35. The molecule has 0 radical (unpaired) electrons. The molecule has 1 aromatic carbocycles. The normalized spacial score (nSPS) is 11.9. The Kier molecular flexibility index (Phi) is 4.19. The first-order valence-electron chi connectivity index (χ1n) is 4.95. The molecule has 92 valence electrons. The van der Waals surface area contributed by atoms with E-state index in [1.165, 1.54) is 6.07 Å². The first kappa shape index (κ1) is 13.1. The van der Waals surface area contributed by atoms with Crippen molar-refractivity contribution in [1.82, 2.24) is 5.06 Å². The molecule has 0 heterocycles. The van der Waals surface area contributed by atoms with Crippen LogP contribution in [0.15, 0.2) is 24.3 Å². The van der Waals surface area contributed by atoms with E-state index in [0.29, 0.717) is 11.3 Å². The van der Waals surface area contributed by atoms with Gasteiger partial charge in [0, 0.05) is 19.2 Å². The van der Waals surface area contributed by atoms with E-state index in [1.807, 2.05) is 0 Å². The molecule has 6 heteroatoms. The molecule has 0 aliphatic heterocycles. The number of nitrogens with zero attached hydrogens (tertiary/aromatic N) is 1. The molecule has 1 atom stereocenters. The second kappa shape index (κ2) is 5.42. The second-order valence-electron chi connectivity index (χ2n) is 3.64. The van der Waals surface area contributed by atoms with Crippen LogP contribution in [0.1, 0.15) is 18.1 Å². The van der Waals surface area contributed by atoms with Crippen molar-refractivity contribution in [3.05, 3.63) is 29.8 Å². The third-order valence-electron chi connectivity index (χ3n) is 2.21. The van der Waals surface area contributed by atoms with E-state index in [-0.39, 0.29) is 5.06 Å². The zero-order chi connectivity index (χ0) is 13.0. The minimum atomic E-state index is -1.12. The summed E-state index contributed by atoms with van der Waals surface area (Å²) in [5.74, 6) is -1.93. The van der Waals surface area contributed by atoms with Gasteiger partial charge in [-0.15, -0.1) is 0 Å². The van der Waals surface area contributed by atoms with E-state index in [0.717, 1.165) is 7.05 Å². The number of aliphatic hydroxyl groups excluding tert-OH is 1. The summed E-state index contributed by atoms with van der Waals surface area (Å²) in [7, 11) is 1.05. The van der Waals surface area contributed by atoms with E-state index in [9.17, 15) is 14.7 Å². The summed E-state index contributed by atoms with van der Waals surface area (Å²) < 4.78 is 0. The number of amides is 1. The predicted molar refractivity (Wildman–Crippen MR) is 60.0 cm³/mol. The number of rotatable bonds is 4. The summed E-state index contributed by atoms with van der Waals surface area (Å²) in [5, 5.41) is 18.7. The van der Waals surface area contributed by atoms with Gasteiger partial charge in [-0.2, -0.15) is 0 Å². The monoisotopic (exact) mass is 238 g/mol. The number of benzene rings is 1. The number of nitrogen functional groups attached to an aromatic ring is 1. The molecular formula is C11H14N2O4. The molecule has 0 aliphatic carbocycles. The molecule has 1 aromatic rings. The number of anilines is 1. The number of carbonyl (C=O) groups excluding carboxylic acids is 2. The van der Waals surface area contributed by atoms with E-state index >= 15 is 0 Å². The molecule has 0 saturated heterocycles. The van der Waals surface area contributed by atoms with Crippen LogP contribution in [0.2, 0.25) is 0 Å². The fourth-order valence-electron chi connectivity index (χ4n) is 1.33. The summed E-state index contributed by atoms with van der Waals surface area (Å²) in [5.41, 5.74) is 6.43. The predicted octanol–water partition coefficient (Wildman–Crippen LogP) is 0.109. The first-order valence-corrected chi connectivity index (χ1v) is 4.95. The molecule has 0 spiro atoms. The molecule has 0 bridgehead atoms. The van der Waals surface area contributed by atoms with E-state index in [1.54, 1.807) is 18.2 Å². The lowest BCUT2D eigenvalue weighted by Crippen LogP contribution is -2.31. The number of nitrogens with two attached hydrogens (primary N) is 1. The van der Waals surface area contributed by atoms with Crippen molar-refractivity contribution in [3.63, 3.8) is 0 Å². The molecule has 1 unspecified atom stereocenters. The topological polar surface area (TPSA) is 104 Å². The SMILES string of the molecule is CN(O)C(=O)C(=O)CC(O)c1cccc(N)c1. The van der Waals surface area contributed by atoms with Crippen LogP contribution in [0.5, 0.6) is 0 Å². The zero-order valence-corrected chi connectivity index (χ0v) is 9.33. The molecule has 1 amide bonds. The van der Waals surface area contributed by atoms with Gasteiger partial charge in [-0.3, -0.25) is 14.8 Å². The van der Waals surface area contributed by atoms with Gasteiger partial charge in [0.2, 0.25) is 5.78 Å². The maximum absolute atomic E-state index is 11.3. The van der Waals surface area contributed by atoms with Crippen molar-refractivity contribution in [2.24, 2.45) is 0 Å². The molecule has 4 N–H and O–H groups in total. The Morgan fingerprint density at radius 2 is 2.12 bits per heavy atom. The van der Waals surface area contributed by atoms with Crippen molar-refractivity contribution in [2.45, 2.75) is 12.5 Å². The van der Waals surface area contributed by atoms with Crippen molar-refractivity contribution in [1.29, 1.82) is 0 Å². The fraction of sp³-hybridized carbons (Fsp3) is 0.273. The molecule has 0 fully saturated rings. The lowest BCUT2D eigenvalue weighted by atomic mass is 10.0. The number of carbonyl (C=O) groups is 2. The van der Waals surface area contributed by atoms with Crippen LogP contribution in [-0.4, -0.2) is 34.1 Å². The summed E-state index contributed by atoms with van der Waals surface area (Å²) in [4.78, 5) is 22.4. The molecule has 1 rings (SSSR count). The maximum Gasteiger partial charge on any atom is 0.313 e. The van der Waals surface area contributed by atoms with E-state index < -0.39 is 24.2 Å². The first-order chi connectivity index (χ1) is 7.91. The molecule has 6 nitrogen and oxygen atoms in total. The highest BCUT2D eigenvalue weighted by atomic mass is 16.5. The van der Waals surface area contributed by atoms with Crippen LogP contribution < -0.4 is 5.73 Å². The Morgan fingerprint density at radius 3 is 2.65 bits per heavy atom. The molecule has 17 heavy (non-hydrogen) atoms. The molecule has 0 aliphatic rings. The largest absolute Gasteiger partial charge is 0.399 e. The van der Waals surface area contributed by atoms with Crippen LogP contribution in [0.25, 0.3) is 0 Å². The average Bonchev–Trinajstić information content (AvgIpc) is 2.27. The third kappa shape index (κ3) is 3.54. The standard InChI is InChI=1S/C11H14N2O4/c1-13(17)11(16)10(15)6-9(14)7-3-2-4-8(12)5-7/h2-5,9,14,17H,6,12H2,1H3. The van der Waals surface area contributed by atoms with Gasteiger partial charge in [0.1, 0.15) is 0 Å². The van der Waals surface area contributed by atoms with Gasteiger partial charge < -0.3 is 10.8 Å². The number of ketones is 1. The zero-order valence-electron chi connectivity index (χ0n) is 9.33. The Balaban J connectivity index is 2.70. The van der Waals surface area contributed by atoms with Gasteiger partial charge >= 0.3 is 5.91 Å². The highest BCUT2D eigenvalue weighted by Gasteiger charge is 2.21. The third-order valence-corrected chi connectivity index (χ3v) is 2.21. The second-order valence-corrected chi connectivity index (χ2v) is 3.64. The summed E-state index contributed by atoms with van der Waals surface area (Å²) in [6.07, 6.45) is -1.51. The van der Waals surface area contributed by atoms with Crippen LogP contribution in [-0.2, 0) is 9.59 Å². The number of Topliss-reactive ketones (excluding diaryl/α,β-unsaturated/α-hetero) is 1. The quantitative estimate of drug-likeness (QED) is 0.299. The van der Waals surface area contributed by atoms with Crippen molar-refractivity contribution in [3.8, 4) is 0 Å². The van der Waals surface area contributed by atoms with Gasteiger partial charge in [-0.05, 0) is 17.7 Å². The minimum absolute atomic E-state index is 0.189. The number of aliphatic hydroxyl groups is 1. The lowest BCUT2D eigenvalue weighted by Gasteiger charge is -2.12. The molecular weight excluding hydrogens is 224 g/mol. The lowest BCUT2D eigenvalue weighted by molar-refractivity contribution is -0.166. The van der Waals surface area contributed by atoms with Gasteiger partial charge in [-0.25, -0.2) is 5.06 Å². The molecule has 0 saturated carbocycles. The fourth-order valence-corrected chi connectivity index (χ4v) is 1.33. The van der Waals surface area contributed by atoms with Gasteiger partial charge in [0.15, 0.2) is 0 Å². The van der Waals surface area contributed by atoms with Crippen molar-refractivity contribution < 1.29 is 19.9 Å². The Morgan fingerprint density at radius 1 is 1.47 bits per heavy atom.